The second kappa shape index (κ2) is 9.46. The van der Waals surface area contributed by atoms with E-state index in [0.29, 0.717) is 18.7 Å². The summed E-state index contributed by atoms with van der Waals surface area (Å²) < 4.78 is 26.7. The zero-order valence-corrected chi connectivity index (χ0v) is 19.5. The van der Waals surface area contributed by atoms with Gasteiger partial charge in [-0.15, -0.1) is 11.3 Å². The van der Waals surface area contributed by atoms with E-state index in [4.69, 9.17) is 0 Å². The van der Waals surface area contributed by atoms with Crippen LogP contribution in [-0.4, -0.2) is 38.6 Å². The zero-order chi connectivity index (χ0) is 23.7. The number of aromatic nitrogens is 3. The minimum atomic E-state index is -0.312. The van der Waals surface area contributed by atoms with Crippen LogP contribution < -0.4 is 0 Å². The SMILES string of the molecule is Cc1nc(C(=O)N2CCCCC2Cc2cc(-c3ccc(F)cc3)[nH]n2)c(-c2ccc(F)cc2)s1. The average Bonchev–Trinajstić information content (AvgIpc) is 3.47. The maximum Gasteiger partial charge on any atom is 0.274 e. The van der Waals surface area contributed by atoms with Gasteiger partial charge in [0, 0.05) is 19.0 Å². The van der Waals surface area contributed by atoms with Gasteiger partial charge in [0.2, 0.25) is 0 Å². The predicted molar refractivity (Wildman–Crippen MR) is 129 cm³/mol. The van der Waals surface area contributed by atoms with Crippen LogP contribution in [0.1, 0.15) is 40.5 Å². The van der Waals surface area contributed by atoms with Crippen molar-refractivity contribution in [2.45, 2.75) is 38.6 Å². The minimum Gasteiger partial charge on any atom is -0.334 e. The molecule has 5 rings (SSSR count). The van der Waals surface area contributed by atoms with Gasteiger partial charge in [-0.25, -0.2) is 13.8 Å². The standard InChI is InChI=1S/C26H24F2N4OS/c1-16-29-24(25(34-16)18-7-11-20(28)12-8-18)26(33)32-13-3-2-4-22(32)14-21-15-23(31-30-21)17-5-9-19(27)10-6-17/h5-12,15,22H,2-4,13-14H2,1H3,(H,30,31). The number of benzene rings is 2. The normalized spacial score (nSPS) is 16.1. The van der Waals surface area contributed by atoms with Crippen molar-refractivity contribution < 1.29 is 13.6 Å². The summed E-state index contributed by atoms with van der Waals surface area (Å²) >= 11 is 1.45. The van der Waals surface area contributed by atoms with Crippen molar-refractivity contribution in [3.05, 3.63) is 82.6 Å². The Morgan fingerprint density at radius 1 is 1.06 bits per heavy atom. The van der Waals surface area contributed by atoms with Gasteiger partial charge in [-0.3, -0.25) is 9.89 Å². The van der Waals surface area contributed by atoms with Crippen molar-refractivity contribution in [1.82, 2.24) is 20.1 Å². The van der Waals surface area contributed by atoms with Crippen LogP contribution in [0, 0.1) is 18.6 Å². The zero-order valence-electron chi connectivity index (χ0n) is 18.7. The highest BCUT2D eigenvalue weighted by Gasteiger charge is 2.31. The summed E-state index contributed by atoms with van der Waals surface area (Å²) in [6.45, 7) is 2.54. The molecule has 1 aliphatic rings. The van der Waals surface area contributed by atoms with Gasteiger partial charge < -0.3 is 4.90 Å². The Morgan fingerprint density at radius 3 is 2.44 bits per heavy atom. The topological polar surface area (TPSA) is 61.9 Å². The van der Waals surface area contributed by atoms with E-state index in [1.54, 1.807) is 24.3 Å². The van der Waals surface area contributed by atoms with Crippen molar-refractivity contribution in [2.75, 3.05) is 6.54 Å². The first-order valence-corrected chi connectivity index (χ1v) is 12.1. The van der Waals surface area contributed by atoms with Gasteiger partial charge in [0.05, 0.1) is 21.3 Å². The first kappa shape index (κ1) is 22.4. The van der Waals surface area contributed by atoms with Crippen LogP contribution in [-0.2, 0) is 6.42 Å². The molecule has 2 aromatic carbocycles. The number of amides is 1. The lowest BCUT2D eigenvalue weighted by Gasteiger charge is -2.35. The highest BCUT2D eigenvalue weighted by molar-refractivity contribution is 7.15. The molecule has 0 radical (unpaired) electrons. The van der Waals surface area contributed by atoms with E-state index >= 15 is 0 Å². The molecule has 1 unspecified atom stereocenters. The Kier molecular flexibility index (Phi) is 6.24. The van der Waals surface area contributed by atoms with Crippen LogP contribution in [0.25, 0.3) is 21.7 Å². The van der Waals surface area contributed by atoms with E-state index in [2.05, 4.69) is 15.2 Å². The third kappa shape index (κ3) is 4.63. The van der Waals surface area contributed by atoms with Crippen molar-refractivity contribution >= 4 is 17.2 Å². The number of rotatable bonds is 5. The molecular formula is C26H24F2N4OS. The van der Waals surface area contributed by atoms with Gasteiger partial charge in [0.25, 0.3) is 5.91 Å². The van der Waals surface area contributed by atoms with E-state index in [-0.39, 0.29) is 23.6 Å². The van der Waals surface area contributed by atoms with Gasteiger partial charge in [0.1, 0.15) is 17.3 Å². The summed E-state index contributed by atoms with van der Waals surface area (Å²) in [5.41, 5.74) is 3.75. The fourth-order valence-electron chi connectivity index (χ4n) is 4.47. The molecule has 34 heavy (non-hydrogen) atoms. The largest absolute Gasteiger partial charge is 0.334 e. The van der Waals surface area contributed by atoms with Gasteiger partial charge in [-0.2, -0.15) is 5.10 Å². The monoisotopic (exact) mass is 478 g/mol. The fourth-order valence-corrected chi connectivity index (χ4v) is 5.39. The molecule has 174 valence electrons. The number of H-pyrrole nitrogens is 1. The van der Waals surface area contributed by atoms with Gasteiger partial charge in [-0.1, -0.05) is 12.1 Å². The molecular weight excluding hydrogens is 454 g/mol. The highest BCUT2D eigenvalue weighted by atomic mass is 32.1. The second-order valence-electron chi connectivity index (χ2n) is 8.55. The number of halogens is 2. The Labute approximate surface area is 200 Å². The van der Waals surface area contributed by atoms with Gasteiger partial charge in [0.15, 0.2) is 0 Å². The third-order valence-electron chi connectivity index (χ3n) is 6.16. The maximum absolute atomic E-state index is 13.7. The molecule has 2 aromatic heterocycles. The summed E-state index contributed by atoms with van der Waals surface area (Å²) in [5.74, 6) is -0.687. The van der Waals surface area contributed by atoms with E-state index < -0.39 is 0 Å². The predicted octanol–water partition coefficient (Wildman–Crippen LogP) is 6.02. The minimum absolute atomic E-state index is 0.00805. The first-order valence-electron chi connectivity index (χ1n) is 11.3. The summed E-state index contributed by atoms with van der Waals surface area (Å²) in [6, 6.07) is 14.4. The molecule has 0 saturated carbocycles. The molecule has 3 heterocycles. The van der Waals surface area contributed by atoms with Crippen LogP contribution in [0.4, 0.5) is 8.78 Å². The smallest absolute Gasteiger partial charge is 0.274 e. The van der Waals surface area contributed by atoms with Crippen LogP contribution in [0.15, 0.2) is 54.6 Å². The Bertz CT molecular complexity index is 1300. The number of hydrogen-bond donors (Lipinski definition) is 1. The quantitative estimate of drug-likeness (QED) is 0.381. The number of carbonyl (C=O) groups is 1. The number of thiazole rings is 1. The summed E-state index contributed by atoms with van der Waals surface area (Å²) in [5, 5.41) is 8.27. The Hall–Kier alpha value is -3.39. The maximum atomic E-state index is 13.7. The molecule has 0 aliphatic carbocycles. The van der Waals surface area contributed by atoms with Gasteiger partial charge >= 0.3 is 0 Å². The van der Waals surface area contributed by atoms with Crippen molar-refractivity contribution in [3.63, 3.8) is 0 Å². The molecule has 1 fully saturated rings. The summed E-state index contributed by atoms with van der Waals surface area (Å²) in [4.78, 5) is 20.9. The van der Waals surface area contributed by atoms with Gasteiger partial charge in [-0.05, 0) is 79.8 Å². The molecule has 1 saturated heterocycles. The average molecular weight is 479 g/mol. The molecule has 0 bridgehead atoms. The summed E-state index contributed by atoms with van der Waals surface area (Å²) in [6.07, 6.45) is 3.50. The van der Waals surface area contributed by atoms with E-state index in [1.165, 1.54) is 35.6 Å². The molecule has 1 aliphatic heterocycles. The van der Waals surface area contributed by atoms with Crippen LogP contribution >= 0.6 is 11.3 Å². The number of carbonyl (C=O) groups excluding carboxylic acids is 1. The number of nitrogens with zero attached hydrogens (tertiary/aromatic N) is 3. The van der Waals surface area contributed by atoms with Crippen LogP contribution in [0.3, 0.4) is 0 Å². The lowest BCUT2D eigenvalue weighted by molar-refractivity contribution is 0.0607. The molecule has 1 atom stereocenters. The molecule has 1 amide bonds. The number of aryl methyl sites for hydroxylation is 1. The number of nitrogens with one attached hydrogen (secondary N) is 1. The number of likely N-dealkylation sites (tertiary alicyclic amines) is 1. The van der Waals surface area contributed by atoms with E-state index in [9.17, 15) is 13.6 Å². The van der Waals surface area contributed by atoms with E-state index in [0.717, 1.165) is 51.7 Å². The molecule has 0 spiro atoms. The van der Waals surface area contributed by atoms with E-state index in [1.807, 2.05) is 17.9 Å². The third-order valence-corrected chi connectivity index (χ3v) is 7.18. The molecule has 1 N–H and O–H groups in total. The number of piperidine rings is 1. The molecule has 5 nitrogen and oxygen atoms in total. The number of aromatic amines is 1. The Morgan fingerprint density at radius 2 is 1.74 bits per heavy atom. The highest BCUT2D eigenvalue weighted by Crippen LogP contribution is 2.33. The molecule has 4 aromatic rings. The Balaban J connectivity index is 1.38. The second-order valence-corrected chi connectivity index (χ2v) is 9.75. The van der Waals surface area contributed by atoms with Crippen molar-refractivity contribution in [2.24, 2.45) is 0 Å². The number of hydrogen-bond acceptors (Lipinski definition) is 4. The first-order chi connectivity index (χ1) is 16.5. The molecule has 8 heteroatoms. The lowest BCUT2D eigenvalue weighted by atomic mass is 9.97. The van der Waals surface area contributed by atoms with Crippen LogP contribution in [0.5, 0.6) is 0 Å². The lowest BCUT2D eigenvalue weighted by Crippen LogP contribution is -2.45. The van der Waals surface area contributed by atoms with Crippen molar-refractivity contribution in [1.29, 1.82) is 0 Å². The fraction of sp³-hybridized carbons (Fsp3) is 0.269. The summed E-state index contributed by atoms with van der Waals surface area (Å²) in [7, 11) is 0. The van der Waals surface area contributed by atoms with Crippen molar-refractivity contribution in [3.8, 4) is 21.7 Å². The van der Waals surface area contributed by atoms with Crippen LogP contribution in [0.2, 0.25) is 0 Å².